The number of allylic oxidation sites excluding steroid dienone is 2. The van der Waals surface area contributed by atoms with E-state index in [2.05, 4.69) is 35.0 Å². The van der Waals surface area contributed by atoms with E-state index < -0.39 is 0 Å². The van der Waals surface area contributed by atoms with Gasteiger partial charge in [0.2, 0.25) is 5.91 Å². The molecule has 2 aliphatic heterocycles. The highest BCUT2D eigenvalue weighted by Gasteiger charge is 2.30. The van der Waals surface area contributed by atoms with Crippen molar-refractivity contribution >= 4 is 11.6 Å². The van der Waals surface area contributed by atoms with Crippen LogP contribution in [-0.4, -0.2) is 25.0 Å². The lowest BCUT2D eigenvalue weighted by Gasteiger charge is -2.25. The first kappa shape index (κ1) is 15.2. The number of nitrogens with one attached hydrogen (secondary N) is 2. The molecular weight excluding hydrogens is 300 g/mol. The molecule has 0 spiro atoms. The van der Waals surface area contributed by atoms with E-state index >= 15 is 0 Å². The molecule has 2 atom stereocenters. The van der Waals surface area contributed by atoms with E-state index in [1.165, 1.54) is 18.4 Å². The SMILES string of the molecule is NC(=O)C1=CC=CC2=CN(c3ccc(C4CCCNC4)cc3)NC21. The fourth-order valence-corrected chi connectivity index (χ4v) is 3.64. The molecule has 0 aromatic heterocycles. The Morgan fingerprint density at radius 2 is 2.08 bits per heavy atom. The summed E-state index contributed by atoms with van der Waals surface area (Å²) in [6.07, 6.45) is 10.2. The summed E-state index contributed by atoms with van der Waals surface area (Å²) in [4.78, 5) is 11.6. The van der Waals surface area contributed by atoms with Gasteiger partial charge in [0.05, 0.1) is 11.7 Å². The van der Waals surface area contributed by atoms with Crippen molar-refractivity contribution in [1.82, 2.24) is 10.7 Å². The quantitative estimate of drug-likeness (QED) is 0.792. The largest absolute Gasteiger partial charge is 0.366 e. The lowest BCUT2D eigenvalue weighted by atomic mass is 9.91. The number of rotatable bonds is 3. The summed E-state index contributed by atoms with van der Waals surface area (Å²) in [7, 11) is 0. The summed E-state index contributed by atoms with van der Waals surface area (Å²) < 4.78 is 0. The Balaban J connectivity index is 1.51. The maximum atomic E-state index is 11.6. The number of carbonyl (C=O) groups excluding carboxylic acids is 1. The molecule has 1 saturated heterocycles. The van der Waals surface area contributed by atoms with Gasteiger partial charge >= 0.3 is 0 Å². The standard InChI is InChI=1S/C19H22N4O/c20-19(24)17-5-1-3-15-12-23(22-18(15)17)16-8-6-13(7-9-16)14-4-2-10-21-11-14/h1,3,5-9,12,14,18,21-22H,2,4,10-11H2,(H2,20,24). The fourth-order valence-electron chi connectivity index (χ4n) is 3.64. The zero-order valence-electron chi connectivity index (χ0n) is 13.5. The van der Waals surface area contributed by atoms with Crippen LogP contribution in [0.4, 0.5) is 5.69 Å². The van der Waals surface area contributed by atoms with Crippen LogP contribution in [0.3, 0.4) is 0 Å². The second-order valence-electron chi connectivity index (χ2n) is 6.54. The van der Waals surface area contributed by atoms with Crippen molar-refractivity contribution in [2.75, 3.05) is 18.1 Å². The Morgan fingerprint density at radius 3 is 2.79 bits per heavy atom. The zero-order valence-corrected chi connectivity index (χ0v) is 13.5. The molecule has 24 heavy (non-hydrogen) atoms. The van der Waals surface area contributed by atoms with Crippen molar-refractivity contribution in [3.05, 3.63) is 65.4 Å². The molecule has 1 amide bonds. The van der Waals surface area contributed by atoms with Crippen LogP contribution in [-0.2, 0) is 4.79 Å². The third kappa shape index (κ3) is 2.77. The number of carbonyl (C=O) groups is 1. The highest BCUT2D eigenvalue weighted by atomic mass is 16.1. The average Bonchev–Trinajstić information content (AvgIpc) is 3.06. The van der Waals surface area contributed by atoms with Crippen molar-refractivity contribution in [3.8, 4) is 0 Å². The molecule has 124 valence electrons. The maximum absolute atomic E-state index is 11.6. The zero-order chi connectivity index (χ0) is 16.5. The van der Waals surface area contributed by atoms with E-state index in [-0.39, 0.29) is 11.9 Å². The number of hydrogen-bond donors (Lipinski definition) is 3. The minimum absolute atomic E-state index is 0.158. The van der Waals surface area contributed by atoms with E-state index in [0.29, 0.717) is 11.5 Å². The van der Waals surface area contributed by atoms with Gasteiger partial charge < -0.3 is 11.1 Å². The highest BCUT2D eigenvalue weighted by molar-refractivity contribution is 5.95. The van der Waals surface area contributed by atoms with Crippen LogP contribution < -0.4 is 21.5 Å². The van der Waals surface area contributed by atoms with Gasteiger partial charge in [0.15, 0.2) is 0 Å². The Labute approximate surface area is 141 Å². The molecule has 0 radical (unpaired) electrons. The summed E-state index contributed by atoms with van der Waals surface area (Å²) in [5.74, 6) is 0.220. The van der Waals surface area contributed by atoms with Crippen LogP contribution in [0.1, 0.15) is 24.3 Å². The van der Waals surface area contributed by atoms with Gasteiger partial charge in [-0.15, -0.1) is 0 Å². The van der Waals surface area contributed by atoms with Crippen LogP contribution in [0, 0.1) is 0 Å². The number of hydrazine groups is 1. The predicted octanol–water partition coefficient (Wildman–Crippen LogP) is 1.71. The second kappa shape index (κ2) is 6.26. The van der Waals surface area contributed by atoms with Gasteiger partial charge in [-0.1, -0.05) is 30.4 Å². The first-order valence-corrected chi connectivity index (χ1v) is 8.48. The summed E-state index contributed by atoms with van der Waals surface area (Å²) in [5, 5.41) is 5.43. The third-order valence-electron chi connectivity index (χ3n) is 4.98. The highest BCUT2D eigenvalue weighted by Crippen LogP contribution is 2.29. The third-order valence-corrected chi connectivity index (χ3v) is 4.98. The van der Waals surface area contributed by atoms with Crippen LogP contribution in [0.15, 0.2) is 59.8 Å². The number of piperidine rings is 1. The molecule has 0 bridgehead atoms. The van der Waals surface area contributed by atoms with Gasteiger partial charge in [-0.2, -0.15) is 0 Å². The van der Waals surface area contributed by atoms with E-state index in [1.54, 1.807) is 6.08 Å². The molecule has 4 N–H and O–H groups in total. The van der Waals surface area contributed by atoms with Gasteiger partial charge in [-0.3, -0.25) is 9.80 Å². The Kier molecular flexibility index (Phi) is 3.96. The molecule has 0 saturated carbocycles. The van der Waals surface area contributed by atoms with Gasteiger partial charge in [0, 0.05) is 18.3 Å². The number of anilines is 1. The lowest BCUT2D eigenvalue weighted by molar-refractivity contribution is -0.114. The smallest absolute Gasteiger partial charge is 0.246 e. The number of nitrogens with zero attached hydrogens (tertiary/aromatic N) is 1. The summed E-state index contributed by atoms with van der Waals surface area (Å²) >= 11 is 0. The molecule has 2 unspecified atom stereocenters. The lowest BCUT2D eigenvalue weighted by Crippen LogP contribution is -2.41. The predicted molar refractivity (Wildman–Crippen MR) is 95.2 cm³/mol. The first-order chi connectivity index (χ1) is 11.7. The topological polar surface area (TPSA) is 70.4 Å². The Morgan fingerprint density at radius 1 is 1.25 bits per heavy atom. The van der Waals surface area contributed by atoms with Gasteiger partial charge in [0.1, 0.15) is 0 Å². The van der Waals surface area contributed by atoms with Gasteiger partial charge in [0.25, 0.3) is 0 Å². The van der Waals surface area contributed by atoms with Gasteiger partial charge in [-0.25, -0.2) is 5.43 Å². The van der Waals surface area contributed by atoms with Crippen LogP contribution in [0.5, 0.6) is 0 Å². The number of primary amides is 1. The molecule has 4 rings (SSSR count). The molecular formula is C19H22N4O. The average molecular weight is 322 g/mol. The molecule has 3 aliphatic rings. The second-order valence-corrected chi connectivity index (χ2v) is 6.54. The summed E-state index contributed by atoms with van der Waals surface area (Å²) in [5.41, 5.74) is 12.9. The molecule has 1 aliphatic carbocycles. The van der Waals surface area contributed by atoms with Crippen molar-refractivity contribution < 1.29 is 4.79 Å². The van der Waals surface area contributed by atoms with Crippen molar-refractivity contribution in [3.63, 3.8) is 0 Å². The minimum atomic E-state index is -0.384. The number of amides is 1. The van der Waals surface area contributed by atoms with Gasteiger partial charge in [-0.05, 0) is 48.6 Å². The summed E-state index contributed by atoms with van der Waals surface area (Å²) in [6, 6.07) is 8.51. The number of benzene rings is 1. The van der Waals surface area contributed by atoms with Crippen molar-refractivity contribution in [1.29, 1.82) is 0 Å². The molecule has 1 aromatic carbocycles. The fraction of sp³-hybridized carbons (Fsp3) is 0.316. The minimum Gasteiger partial charge on any atom is -0.366 e. The first-order valence-electron chi connectivity index (χ1n) is 8.48. The Hall–Kier alpha value is -2.37. The van der Waals surface area contributed by atoms with Crippen LogP contribution in [0.25, 0.3) is 0 Å². The maximum Gasteiger partial charge on any atom is 0.246 e. The normalized spacial score (nSPS) is 25.9. The molecule has 1 aromatic rings. The van der Waals surface area contributed by atoms with E-state index in [1.807, 2.05) is 23.4 Å². The van der Waals surface area contributed by atoms with Crippen molar-refractivity contribution in [2.24, 2.45) is 5.73 Å². The Bertz CT molecular complexity index is 726. The van der Waals surface area contributed by atoms with E-state index in [9.17, 15) is 4.79 Å². The molecule has 2 heterocycles. The van der Waals surface area contributed by atoms with Crippen LogP contribution >= 0.6 is 0 Å². The molecule has 5 nitrogen and oxygen atoms in total. The van der Waals surface area contributed by atoms with E-state index in [0.717, 1.165) is 24.4 Å². The number of hydrogen-bond acceptors (Lipinski definition) is 4. The van der Waals surface area contributed by atoms with Crippen molar-refractivity contribution in [2.45, 2.75) is 24.8 Å². The number of fused-ring (bicyclic) bond motifs is 1. The monoisotopic (exact) mass is 322 g/mol. The van der Waals surface area contributed by atoms with Crippen LogP contribution in [0.2, 0.25) is 0 Å². The molecule has 1 fully saturated rings. The summed E-state index contributed by atoms with van der Waals surface area (Å²) in [6.45, 7) is 2.19. The van der Waals surface area contributed by atoms with E-state index in [4.69, 9.17) is 5.73 Å². The number of nitrogens with two attached hydrogens (primary N) is 1. The molecule has 5 heteroatoms.